The first kappa shape index (κ1) is 79.7. The summed E-state index contributed by atoms with van der Waals surface area (Å²) in [5, 5.41) is 14.0. The molecule has 81 heavy (non-hydrogen) atoms. The highest BCUT2D eigenvalue weighted by Gasteiger charge is 2.28. The van der Waals surface area contributed by atoms with Gasteiger partial charge in [-0.3, -0.25) is 13.8 Å². The fourth-order valence-electron chi connectivity index (χ4n) is 11.0. The van der Waals surface area contributed by atoms with E-state index in [0.717, 1.165) is 38.5 Å². The standard InChI is InChI=1S/C72H141N2O6P/c1-6-8-10-12-14-16-18-20-22-24-26-28-30-31-32-33-34-35-36-37-38-39-40-41-42-43-44-46-48-50-52-54-56-58-60-62-64-66-72(76)73-70(69-80-81(77,78)79-68-67-74(3,4)5)71(75)65-63-61-59-57-55-53-51-49-47-45-29-27-25-23-21-19-17-15-13-11-9-7-2/h35-36,55,57,63,65,70-71,75H,6-34,37-54,56,58-62,64,66-69H2,1-5H3,(H-,73,76,77,78)/p+1/b36-35-,57-55+,65-63+. The molecule has 3 N–H and O–H groups in total. The smallest absolute Gasteiger partial charge is 0.387 e. The molecule has 0 aliphatic rings. The van der Waals surface area contributed by atoms with E-state index in [9.17, 15) is 19.4 Å². The Balaban J connectivity index is 3.99. The van der Waals surface area contributed by atoms with E-state index >= 15 is 0 Å². The number of nitrogens with zero attached hydrogens (tertiary/aromatic N) is 1. The van der Waals surface area contributed by atoms with Gasteiger partial charge in [-0.1, -0.05) is 339 Å². The van der Waals surface area contributed by atoms with Crippen LogP contribution in [-0.4, -0.2) is 73.4 Å². The molecule has 8 nitrogen and oxygen atoms in total. The number of allylic oxidation sites excluding steroid dienone is 5. The molecule has 0 bridgehead atoms. The molecule has 0 fully saturated rings. The second kappa shape index (κ2) is 63.2. The normalized spacial score (nSPS) is 13.8. The lowest BCUT2D eigenvalue weighted by atomic mass is 10.0. The fourth-order valence-corrected chi connectivity index (χ4v) is 11.7. The predicted molar refractivity (Wildman–Crippen MR) is 355 cm³/mol. The summed E-state index contributed by atoms with van der Waals surface area (Å²) < 4.78 is 23.8. The molecule has 0 rings (SSSR count). The largest absolute Gasteiger partial charge is 0.472 e. The van der Waals surface area contributed by atoms with Gasteiger partial charge >= 0.3 is 7.82 Å². The molecule has 0 radical (unpaired) electrons. The molecule has 0 saturated carbocycles. The Kier molecular flexibility index (Phi) is 62.2. The SMILES string of the molecule is CCCCCCCCCCCCCCCCCC/C=C\CCCCCCCCCCCCCCCCCCCC(=O)NC(COP(=O)(O)OCC[N+](C)(C)C)C(O)/C=C/CC/C=C/CCCCCCCCCCCCCCCCCC. The number of quaternary nitrogens is 1. The first-order chi connectivity index (χ1) is 39.5. The van der Waals surface area contributed by atoms with E-state index in [0.29, 0.717) is 17.4 Å². The van der Waals surface area contributed by atoms with Crippen LogP contribution in [-0.2, 0) is 18.4 Å². The number of amides is 1. The number of phosphoric ester groups is 1. The Bertz CT molecular complexity index is 1410. The summed E-state index contributed by atoms with van der Waals surface area (Å²) in [7, 11) is 1.57. The summed E-state index contributed by atoms with van der Waals surface area (Å²) in [4.78, 5) is 23.4. The Morgan fingerprint density at radius 2 is 0.679 bits per heavy atom. The molecule has 0 saturated heterocycles. The number of phosphoric acid groups is 1. The van der Waals surface area contributed by atoms with Gasteiger partial charge in [-0.15, -0.1) is 0 Å². The van der Waals surface area contributed by atoms with Crippen molar-refractivity contribution in [3.63, 3.8) is 0 Å². The first-order valence-electron chi connectivity index (χ1n) is 35.9. The van der Waals surface area contributed by atoms with E-state index in [-0.39, 0.29) is 19.1 Å². The highest BCUT2D eigenvalue weighted by Crippen LogP contribution is 2.43. The molecule has 0 heterocycles. The molecular formula is C72H142N2O6P+. The fraction of sp³-hybridized carbons (Fsp3) is 0.903. The van der Waals surface area contributed by atoms with Crippen LogP contribution in [0, 0.1) is 0 Å². The van der Waals surface area contributed by atoms with Crippen LogP contribution < -0.4 is 5.32 Å². The number of unbranched alkanes of at least 4 members (excludes halogenated alkanes) is 50. The highest BCUT2D eigenvalue weighted by molar-refractivity contribution is 7.47. The zero-order valence-corrected chi connectivity index (χ0v) is 55.9. The van der Waals surface area contributed by atoms with Crippen LogP contribution >= 0.6 is 7.82 Å². The van der Waals surface area contributed by atoms with Crippen molar-refractivity contribution >= 4 is 13.7 Å². The maximum absolute atomic E-state index is 13.0. The van der Waals surface area contributed by atoms with Crippen LogP contribution in [0.5, 0.6) is 0 Å². The minimum Gasteiger partial charge on any atom is -0.387 e. The van der Waals surface area contributed by atoms with Gasteiger partial charge in [0.25, 0.3) is 0 Å². The Morgan fingerprint density at radius 1 is 0.407 bits per heavy atom. The number of hydrogen-bond donors (Lipinski definition) is 3. The molecule has 0 aliphatic carbocycles. The second-order valence-corrected chi connectivity index (χ2v) is 27.4. The zero-order chi connectivity index (χ0) is 59.1. The molecule has 0 aliphatic heterocycles. The molecular weight excluding hydrogens is 1020 g/mol. The molecule has 480 valence electrons. The molecule has 0 aromatic rings. The molecule has 9 heteroatoms. The summed E-state index contributed by atoms with van der Waals surface area (Å²) in [5.74, 6) is -0.180. The van der Waals surface area contributed by atoms with Gasteiger partial charge in [-0.05, 0) is 57.8 Å². The topological polar surface area (TPSA) is 105 Å². The van der Waals surface area contributed by atoms with Gasteiger partial charge in [-0.2, -0.15) is 0 Å². The highest BCUT2D eigenvalue weighted by atomic mass is 31.2. The minimum absolute atomic E-state index is 0.0578. The average Bonchev–Trinajstić information content (AvgIpc) is 3.43. The summed E-state index contributed by atoms with van der Waals surface area (Å²) >= 11 is 0. The van der Waals surface area contributed by atoms with E-state index in [1.807, 2.05) is 27.2 Å². The van der Waals surface area contributed by atoms with Crippen LogP contribution in [0.25, 0.3) is 0 Å². The van der Waals surface area contributed by atoms with Crippen molar-refractivity contribution in [2.24, 2.45) is 0 Å². The number of carbonyl (C=O) groups is 1. The lowest BCUT2D eigenvalue weighted by Gasteiger charge is -2.25. The number of carbonyl (C=O) groups excluding carboxylic acids is 1. The van der Waals surface area contributed by atoms with Gasteiger partial charge in [-0.25, -0.2) is 4.57 Å². The van der Waals surface area contributed by atoms with Crippen molar-refractivity contribution in [3.05, 3.63) is 36.5 Å². The number of likely N-dealkylation sites (N-methyl/N-ethyl adjacent to an activating group) is 1. The van der Waals surface area contributed by atoms with Crippen molar-refractivity contribution in [2.75, 3.05) is 40.9 Å². The third-order valence-corrected chi connectivity index (χ3v) is 17.6. The van der Waals surface area contributed by atoms with Crippen LogP contribution in [0.1, 0.15) is 367 Å². The third kappa shape index (κ3) is 66.1. The Hall–Kier alpha value is -1.28. The quantitative estimate of drug-likeness (QED) is 0.0243. The zero-order valence-electron chi connectivity index (χ0n) is 55.1. The van der Waals surface area contributed by atoms with E-state index in [2.05, 4.69) is 43.5 Å². The monoisotopic (exact) mass is 1160 g/mol. The van der Waals surface area contributed by atoms with Gasteiger partial charge in [0.15, 0.2) is 0 Å². The van der Waals surface area contributed by atoms with Crippen molar-refractivity contribution in [1.82, 2.24) is 5.32 Å². The molecule has 0 aromatic carbocycles. The minimum atomic E-state index is -4.36. The molecule has 3 atom stereocenters. The van der Waals surface area contributed by atoms with Gasteiger partial charge < -0.3 is 19.8 Å². The lowest BCUT2D eigenvalue weighted by Crippen LogP contribution is -2.45. The van der Waals surface area contributed by atoms with Crippen molar-refractivity contribution in [2.45, 2.75) is 379 Å². The maximum Gasteiger partial charge on any atom is 0.472 e. The van der Waals surface area contributed by atoms with Gasteiger partial charge in [0.2, 0.25) is 5.91 Å². The number of nitrogens with one attached hydrogen (secondary N) is 1. The Labute approximate surface area is 506 Å². The third-order valence-electron chi connectivity index (χ3n) is 16.6. The van der Waals surface area contributed by atoms with Gasteiger partial charge in [0.1, 0.15) is 13.2 Å². The first-order valence-corrected chi connectivity index (χ1v) is 37.4. The van der Waals surface area contributed by atoms with Crippen LogP contribution in [0.15, 0.2) is 36.5 Å². The summed E-state index contributed by atoms with van der Waals surface area (Å²) in [6, 6.07) is -0.863. The van der Waals surface area contributed by atoms with Crippen LogP contribution in [0.4, 0.5) is 0 Å². The number of hydrogen-bond acceptors (Lipinski definition) is 5. The number of aliphatic hydroxyl groups is 1. The van der Waals surface area contributed by atoms with E-state index in [4.69, 9.17) is 9.05 Å². The summed E-state index contributed by atoms with van der Waals surface area (Å²) in [6.07, 6.45) is 84.6. The van der Waals surface area contributed by atoms with Crippen molar-refractivity contribution in [1.29, 1.82) is 0 Å². The van der Waals surface area contributed by atoms with Gasteiger partial charge in [0.05, 0.1) is 39.9 Å². The predicted octanol–water partition coefficient (Wildman–Crippen LogP) is 22.8. The van der Waals surface area contributed by atoms with E-state index < -0.39 is 20.0 Å². The molecule has 3 unspecified atom stereocenters. The van der Waals surface area contributed by atoms with Crippen molar-refractivity contribution < 1.29 is 32.9 Å². The maximum atomic E-state index is 13.0. The summed E-state index contributed by atoms with van der Waals surface area (Å²) in [6.45, 7) is 4.85. The van der Waals surface area contributed by atoms with Crippen LogP contribution in [0.2, 0.25) is 0 Å². The van der Waals surface area contributed by atoms with E-state index in [1.54, 1.807) is 6.08 Å². The van der Waals surface area contributed by atoms with Crippen LogP contribution in [0.3, 0.4) is 0 Å². The Morgan fingerprint density at radius 3 is 0.988 bits per heavy atom. The summed E-state index contributed by atoms with van der Waals surface area (Å²) in [5.41, 5.74) is 0. The number of aliphatic hydroxyl groups excluding tert-OH is 1. The number of rotatable bonds is 67. The molecule has 1 amide bonds. The van der Waals surface area contributed by atoms with Crippen molar-refractivity contribution in [3.8, 4) is 0 Å². The van der Waals surface area contributed by atoms with Gasteiger partial charge in [0, 0.05) is 6.42 Å². The second-order valence-electron chi connectivity index (χ2n) is 26.0. The molecule has 0 aromatic heterocycles. The van der Waals surface area contributed by atoms with E-state index in [1.165, 1.54) is 308 Å². The average molecular weight is 1160 g/mol. The molecule has 0 spiro atoms. The lowest BCUT2D eigenvalue weighted by molar-refractivity contribution is -0.870.